The summed E-state index contributed by atoms with van der Waals surface area (Å²) in [4.78, 5) is 28.9. The van der Waals surface area contributed by atoms with Gasteiger partial charge in [-0.05, 0) is 32.0 Å². The van der Waals surface area contributed by atoms with Crippen LogP contribution in [0.3, 0.4) is 0 Å². The second kappa shape index (κ2) is 7.94. The Morgan fingerprint density at radius 3 is 2.27 bits per heavy atom. The van der Waals surface area contributed by atoms with Gasteiger partial charge in [0.1, 0.15) is 10.5 Å². The zero-order valence-corrected chi connectivity index (χ0v) is 18.1. The lowest BCUT2D eigenvalue weighted by molar-refractivity contribution is -0.395. The smallest absolute Gasteiger partial charge is 0.280 e. The third kappa shape index (κ3) is 3.96. The summed E-state index contributed by atoms with van der Waals surface area (Å²) in [5.41, 5.74) is 0.597. The topological polar surface area (TPSA) is 163 Å². The number of nitrogens with zero attached hydrogens (tertiary/aromatic N) is 5. The highest BCUT2D eigenvalue weighted by molar-refractivity contribution is 7.92. The minimum atomic E-state index is -4.37. The summed E-state index contributed by atoms with van der Waals surface area (Å²) in [6.45, 7) is 3.04. The van der Waals surface area contributed by atoms with Crippen LogP contribution in [-0.2, 0) is 10.0 Å². The molecule has 0 bridgehead atoms. The van der Waals surface area contributed by atoms with E-state index >= 15 is 0 Å². The van der Waals surface area contributed by atoms with Crippen molar-refractivity contribution < 1.29 is 18.3 Å². The van der Waals surface area contributed by atoms with E-state index in [1.165, 1.54) is 13.0 Å². The number of nitro benzene ring substituents is 2. The van der Waals surface area contributed by atoms with Gasteiger partial charge < -0.3 is 0 Å². The molecule has 0 aliphatic heterocycles. The second-order valence-electron chi connectivity index (χ2n) is 7.12. The number of imidazole rings is 1. The molecule has 0 unspecified atom stereocenters. The number of aromatic nitrogens is 3. The SMILES string of the molecule is Cc1c([N+](=O)[O-])cc(S(=O)(=O)Nc2cccc(-c3nc4ncccn4c3C)c2)cc1[N+](=O)[O-]. The minimum Gasteiger partial charge on any atom is -0.288 e. The van der Waals surface area contributed by atoms with Gasteiger partial charge in [0.05, 0.1) is 15.5 Å². The standard InChI is InChI=1S/C20H16N6O6S/c1-12-17(25(27)28)10-16(11-18(12)26(29)30)33(31,32)23-15-6-3-5-14(9-15)19-13(2)24-8-4-7-21-20(24)22-19/h3-11,23H,1-2H3. The maximum absolute atomic E-state index is 12.9. The third-order valence-electron chi connectivity index (χ3n) is 5.06. The van der Waals surface area contributed by atoms with Gasteiger partial charge >= 0.3 is 0 Å². The first-order chi connectivity index (χ1) is 15.6. The van der Waals surface area contributed by atoms with Crippen LogP contribution in [0.2, 0.25) is 0 Å². The van der Waals surface area contributed by atoms with Crippen molar-refractivity contribution >= 4 is 32.9 Å². The fourth-order valence-electron chi connectivity index (χ4n) is 3.41. The predicted molar refractivity (Wildman–Crippen MR) is 118 cm³/mol. The summed E-state index contributed by atoms with van der Waals surface area (Å²) >= 11 is 0. The third-order valence-corrected chi connectivity index (χ3v) is 6.42. The van der Waals surface area contributed by atoms with E-state index in [1.807, 2.05) is 6.92 Å². The molecule has 0 amide bonds. The molecule has 0 radical (unpaired) electrons. The van der Waals surface area contributed by atoms with Crippen LogP contribution in [0, 0.1) is 34.1 Å². The first-order valence-corrected chi connectivity index (χ1v) is 10.9. The highest BCUT2D eigenvalue weighted by atomic mass is 32.2. The number of aryl methyl sites for hydroxylation is 1. The maximum Gasteiger partial charge on any atom is 0.280 e. The summed E-state index contributed by atoms with van der Waals surface area (Å²) in [6, 6.07) is 9.75. The summed E-state index contributed by atoms with van der Waals surface area (Å²) in [7, 11) is -4.37. The number of hydrogen-bond donors (Lipinski definition) is 1. The normalized spacial score (nSPS) is 11.5. The first-order valence-electron chi connectivity index (χ1n) is 9.45. The Morgan fingerprint density at radius 1 is 1.00 bits per heavy atom. The molecule has 0 spiro atoms. The largest absolute Gasteiger partial charge is 0.288 e. The molecule has 0 aliphatic rings. The number of hydrogen-bond acceptors (Lipinski definition) is 8. The van der Waals surface area contributed by atoms with Gasteiger partial charge in [-0.2, -0.15) is 0 Å². The lowest BCUT2D eigenvalue weighted by Crippen LogP contribution is -2.14. The van der Waals surface area contributed by atoms with Crippen molar-refractivity contribution in [1.29, 1.82) is 0 Å². The van der Waals surface area contributed by atoms with Crippen LogP contribution < -0.4 is 4.72 Å². The molecule has 0 saturated carbocycles. The Kier molecular flexibility index (Phi) is 5.25. The fourth-order valence-corrected chi connectivity index (χ4v) is 4.50. The van der Waals surface area contributed by atoms with E-state index in [2.05, 4.69) is 14.7 Å². The van der Waals surface area contributed by atoms with Gasteiger partial charge in [0.25, 0.3) is 21.4 Å². The van der Waals surface area contributed by atoms with Gasteiger partial charge in [-0.25, -0.2) is 18.4 Å². The zero-order valence-electron chi connectivity index (χ0n) is 17.3. The van der Waals surface area contributed by atoms with Crippen LogP contribution in [-0.4, -0.2) is 32.6 Å². The van der Waals surface area contributed by atoms with Crippen LogP contribution in [0.25, 0.3) is 17.0 Å². The zero-order chi connectivity index (χ0) is 23.9. The molecule has 4 rings (SSSR count). The monoisotopic (exact) mass is 468 g/mol. The lowest BCUT2D eigenvalue weighted by Gasteiger charge is -2.10. The highest BCUT2D eigenvalue weighted by Crippen LogP contribution is 2.32. The van der Waals surface area contributed by atoms with E-state index in [4.69, 9.17) is 0 Å². The summed E-state index contributed by atoms with van der Waals surface area (Å²) in [5.74, 6) is 0.482. The van der Waals surface area contributed by atoms with Crippen molar-refractivity contribution in [2.75, 3.05) is 4.72 Å². The van der Waals surface area contributed by atoms with E-state index in [9.17, 15) is 28.6 Å². The van der Waals surface area contributed by atoms with E-state index in [0.29, 0.717) is 17.0 Å². The summed E-state index contributed by atoms with van der Waals surface area (Å²) in [5, 5.41) is 22.6. The van der Waals surface area contributed by atoms with Crippen molar-refractivity contribution in [1.82, 2.24) is 14.4 Å². The summed E-state index contributed by atoms with van der Waals surface area (Å²) in [6.07, 6.45) is 3.41. The number of rotatable bonds is 6. The quantitative estimate of drug-likeness (QED) is 0.331. The molecule has 33 heavy (non-hydrogen) atoms. The molecule has 0 fully saturated rings. The number of sulfonamides is 1. The molecule has 2 aromatic carbocycles. The Labute approximate surface area is 186 Å². The molecule has 4 aromatic rings. The van der Waals surface area contributed by atoms with Crippen LogP contribution in [0.4, 0.5) is 17.1 Å². The van der Waals surface area contributed by atoms with Gasteiger partial charge in [-0.1, -0.05) is 12.1 Å². The molecule has 2 heterocycles. The Balaban J connectivity index is 1.75. The van der Waals surface area contributed by atoms with Crippen molar-refractivity contribution in [2.45, 2.75) is 18.7 Å². The number of nitro groups is 2. The summed E-state index contributed by atoms with van der Waals surface area (Å²) < 4.78 is 30.0. The van der Waals surface area contributed by atoms with E-state index in [1.54, 1.807) is 41.1 Å². The van der Waals surface area contributed by atoms with Crippen LogP contribution >= 0.6 is 0 Å². The first kappa shape index (κ1) is 21.8. The number of benzene rings is 2. The fraction of sp³-hybridized carbons (Fsp3) is 0.100. The average Bonchev–Trinajstić information content (AvgIpc) is 3.10. The molecule has 12 nitrogen and oxygen atoms in total. The van der Waals surface area contributed by atoms with Crippen molar-refractivity contribution in [3.8, 4) is 11.3 Å². The second-order valence-corrected chi connectivity index (χ2v) is 8.80. The van der Waals surface area contributed by atoms with Crippen LogP contribution in [0.5, 0.6) is 0 Å². The maximum atomic E-state index is 12.9. The van der Waals surface area contributed by atoms with Crippen molar-refractivity contribution in [2.24, 2.45) is 0 Å². The molecule has 0 aliphatic carbocycles. The number of nitrogens with one attached hydrogen (secondary N) is 1. The minimum absolute atomic E-state index is 0.155. The number of anilines is 1. The molecule has 168 valence electrons. The highest BCUT2D eigenvalue weighted by Gasteiger charge is 2.28. The van der Waals surface area contributed by atoms with E-state index in [0.717, 1.165) is 17.8 Å². The van der Waals surface area contributed by atoms with Crippen LogP contribution in [0.15, 0.2) is 59.8 Å². The van der Waals surface area contributed by atoms with Crippen molar-refractivity contribution in [3.63, 3.8) is 0 Å². The molecule has 0 saturated heterocycles. The van der Waals surface area contributed by atoms with Crippen LogP contribution in [0.1, 0.15) is 11.3 Å². The predicted octanol–water partition coefficient (Wildman–Crippen LogP) is 3.63. The molecular formula is C20H16N6O6S. The molecule has 1 N–H and O–H groups in total. The molecule has 2 aromatic heterocycles. The molecule has 0 atom stereocenters. The van der Waals surface area contributed by atoms with Gasteiger partial charge in [0.2, 0.25) is 5.78 Å². The Bertz CT molecular complexity index is 1510. The van der Waals surface area contributed by atoms with Crippen molar-refractivity contribution in [3.05, 3.63) is 86.3 Å². The van der Waals surface area contributed by atoms with E-state index < -0.39 is 36.1 Å². The Hall–Kier alpha value is -4.39. The molecular weight excluding hydrogens is 452 g/mol. The molecule has 13 heteroatoms. The van der Waals surface area contributed by atoms with Gasteiger partial charge in [-0.3, -0.25) is 29.4 Å². The lowest BCUT2D eigenvalue weighted by atomic mass is 10.1. The van der Waals surface area contributed by atoms with Gasteiger partial charge in [0, 0.05) is 41.5 Å². The van der Waals surface area contributed by atoms with E-state index in [-0.39, 0.29) is 11.3 Å². The Morgan fingerprint density at radius 2 is 1.67 bits per heavy atom. The van der Waals surface area contributed by atoms with Gasteiger partial charge in [-0.15, -0.1) is 0 Å². The van der Waals surface area contributed by atoms with Gasteiger partial charge in [0.15, 0.2) is 0 Å². The average molecular weight is 468 g/mol. The number of fused-ring (bicyclic) bond motifs is 1.